The minimum absolute atomic E-state index is 0.195. The first kappa shape index (κ1) is 24.0. The zero-order valence-corrected chi connectivity index (χ0v) is 20.2. The van der Waals surface area contributed by atoms with Gasteiger partial charge in [-0.15, -0.1) is 0 Å². The van der Waals surface area contributed by atoms with Gasteiger partial charge < -0.3 is 9.64 Å². The summed E-state index contributed by atoms with van der Waals surface area (Å²) in [7, 11) is 6.40. The van der Waals surface area contributed by atoms with Gasteiger partial charge in [-0.3, -0.25) is 4.90 Å². The second-order valence-electron chi connectivity index (χ2n) is 10.1. The van der Waals surface area contributed by atoms with E-state index in [1.807, 2.05) is 0 Å². The van der Waals surface area contributed by atoms with Gasteiger partial charge >= 0.3 is 0 Å². The standard InChI is InChI=1S/C26H44N2O/c1-20-10-9-17-26(4,5)25(20)16-11-21(2)28(8)19-23-12-14-24(15-13-23)29-22(3)18-27(6)7/h12-15,21-22H,9-11,16-19H2,1-8H3. The van der Waals surface area contributed by atoms with Gasteiger partial charge in [-0.2, -0.15) is 0 Å². The van der Waals surface area contributed by atoms with Crippen molar-refractivity contribution in [2.24, 2.45) is 5.41 Å². The van der Waals surface area contributed by atoms with Crippen LogP contribution in [0.25, 0.3) is 0 Å². The summed E-state index contributed by atoms with van der Waals surface area (Å²) in [5.41, 5.74) is 5.10. The number of rotatable bonds is 10. The molecule has 0 aromatic heterocycles. The summed E-state index contributed by atoms with van der Waals surface area (Å²) >= 11 is 0. The normalized spacial score (nSPS) is 19.0. The van der Waals surface area contributed by atoms with E-state index in [1.54, 1.807) is 11.1 Å². The fraction of sp³-hybridized carbons (Fsp3) is 0.692. The van der Waals surface area contributed by atoms with Gasteiger partial charge in [-0.25, -0.2) is 0 Å². The highest BCUT2D eigenvalue weighted by Gasteiger charge is 2.28. The average Bonchev–Trinajstić information content (AvgIpc) is 2.61. The maximum atomic E-state index is 6.01. The average molecular weight is 401 g/mol. The summed E-state index contributed by atoms with van der Waals surface area (Å²) in [6.45, 7) is 13.6. The second kappa shape index (κ2) is 10.6. The molecule has 0 amide bonds. The molecule has 1 aromatic rings. The molecule has 0 bridgehead atoms. The third kappa shape index (κ3) is 7.46. The highest BCUT2D eigenvalue weighted by molar-refractivity contribution is 5.27. The maximum absolute atomic E-state index is 6.01. The molecule has 2 unspecified atom stereocenters. The smallest absolute Gasteiger partial charge is 0.119 e. The van der Waals surface area contributed by atoms with Crippen LogP contribution in [0.3, 0.4) is 0 Å². The second-order valence-corrected chi connectivity index (χ2v) is 10.1. The molecule has 0 radical (unpaired) electrons. The van der Waals surface area contributed by atoms with Crippen LogP contribution in [0.5, 0.6) is 5.75 Å². The Bertz CT molecular complexity index is 660. The zero-order chi connectivity index (χ0) is 21.6. The van der Waals surface area contributed by atoms with Crippen molar-refractivity contribution >= 4 is 0 Å². The minimum atomic E-state index is 0.195. The van der Waals surface area contributed by atoms with Gasteiger partial charge in [0.05, 0.1) is 0 Å². The number of nitrogens with zero attached hydrogens (tertiary/aromatic N) is 2. The number of benzene rings is 1. The topological polar surface area (TPSA) is 15.7 Å². The Labute approximate surface area is 180 Å². The van der Waals surface area contributed by atoms with E-state index < -0.39 is 0 Å². The van der Waals surface area contributed by atoms with Crippen molar-refractivity contribution in [3.63, 3.8) is 0 Å². The SMILES string of the molecule is CC1=C(CCC(C)N(C)Cc2ccc(OC(C)CN(C)C)cc2)C(C)(C)CCC1. The molecule has 0 N–H and O–H groups in total. The van der Waals surface area contributed by atoms with E-state index in [0.29, 0.717) is 11.5 Å². The Balaban J connectivity index is 1.85. The maximum Gasteiger partial charge on any atom is 0.119 e. The largest absolute Gasteiger partial charge is 0.489 e. The zero-order valence-electron chi connectivity index (χ0n) is 20.2. The molecule has 0 aliphatic heterocycles. The van der Waals surface area contributed by atoms with E-state index in [4.69, 9.17) is 4.74 Å². The lowest BCUT2D eigenvalue weighted by Gasteiger charge is -2.36. The van der Waals surface area contributed by atoms with Crippen LogP contribution in [0.1, 0.15) is 72.3 Å². The van der Waals surface area contributed by atoms with Crippen LogP contribution in [0.4, 0.5) is 0 Å². The summed E-state index contributed by atoms with van der Waals surface area (Å²) in [5.74, 6) is 0.959. The number of likely N-dealkylation sites (N-methyl/N-ethyl adjacent to an activating group) is 1. The van der Waals surface area contributed by atoms with Gasteiger partial charge in [0.25, 0.3) is 0 Å². The highest BCUT2D eigenvalue weighted by atomic mass is 16.5. The first-order valence-corrected chi connectivity index (χ1v) is 11.4. The summed E-state index contributed by atoms with van der Waals surface area (Å²) in [4.78, 5) is 4.64. The van der Waals surface area contributed by atoms with Crippen LogP contribution in [-0.4, -0.2) is 49.6 Å². The van der Waals surface area contributed by atoms with Gasteiger partial charge in [0.15, 0.2) is 0 Å². The van der Waals surface area contributed by atoms with Crippen LogP contribution < -0.4 is 4.74 Å². The molecule has 3 nitrogen and oxygen atoms in total. The molecule has 164 valence electrons. The van der Waals surface area contributed by atoms with E-state index in [2.05, 4.69) is 89.8 Å². The lowest BCUT2D eigenvalue weighted by molar-refractivity contribution is 0.176. The highest BCUT2D eigenvalue weighted by Crippen LogP contribution is 2.42. The van der Waals surface area contributed by atoms with Crippen molar-refractivity contribution in [1.82, 2.24) is 9.80 Å². The molecule has 1 aliphatic carbocycles. The Morgan fingerprint density at radius 2 is 1.72 bits per heavy atom. The van der Waals surface area contributed by atoms with E-state index in [-0.39, 0.29) is 6.10 Å². The van der Waals surface area contributed by atoms with Crippen LogP contribution in [-0.2, 0) is 6.54 Å². The first-order chi connectivity index (χ1) is 13.6. The molecule has 1 aliphatic rings. The Morgan fingerprint density at radius 3 is 2.31 bits per heavy atom. The van der Waals surface area contributed by atoms with Crippen LogP contribution in [0, 0.1) is 5.41 Å². The molecule has 2 atom stereocenters. The Hall–Kier alpha value is -1.32. The van der Waals surface area contributed by atoms with Crippen molar-refractivity contribution in [3.8, 4) is 5.75 Å². The molecule has 1 aromatic carbocycles. The lowest BCUT2D eigenvalue weighted by Crippen LogP contribution is -2.30. The number of hydrogen-bond donors (Lipinski definition) is 0. The predicted molar refractivity (Wildman–Crippen MR) is 126 cm³/mol. The van der Waals surface area contributed by atoms with Crippen LogP contribution in [0.15, 0.2) is 35.4 Å². The molecule has 0 fully saturated rings. The first-order valence-electron chi connectivity index (χ1n) is 11.4. The van der Waals surface area contributed by atoms with E-state index in [1.165, 1.54) is 37.7 Å². The third-order valence-corrected chi connectivity index (χ3v) is 6.57. The molecule has 0 saturated carbocycles. The predicted octanol–water partition coefficient (Wildman–Crippen LogP) is 6.14. The van der Waals surface area contributed by atoms with Gasteiger partial charge in [0.1, 0.15) is 11.9 Å². The lowest BCUT2D eigenvalue weighted by atomic mass is 9.71. The molecular formula is C26H44N2O. The van der Waals surface area contributed by atoms with E-state index in [9.17, 15) is 0 Å². The molecular weight excluding hydrogens is 356 g/mol. The van der Waals surface area contributed by atoms with Gasteiger partial charge in [0, 0.05) is 19.1 Å². The Morgan fingerprint density at radius 1 is 1.07 bits per heavy atom. The van der Waals surface area contributed by atoms with Crippen molar-refractivity contribution in [2.45, 2.75) is 85.4 Å². The fourth-order valence-corrected chi connectivity index (χ4v) is 4.70. The van der Waals surface area contributed by atoms with Crippen molar-refractivity contribution < 1.29 is 4.74 Å². The van der Waals surface area contributed by atoms with Crippen LogP contribution in [0.2, 0.25) is 0 Å². The summed E-state index contributed by atoms with van der Waals surface area (Å²) in [6, 6.07) is 9.21. The van der Waals surface area contributed by atoms with Crippen molar-refractivity contribution in [2.75, 3.05) is 27.7 Å². The molecule has 2 rings (SSSR count). The number of hydrogen-bond acceptors (Lipinski definition) is 3. The molecule has 0 saturated heterocycles. The molecule has 3 heteroatoms. The summed E-state index contributed by atoms with van der Waals surface area (Å²) in [6.07, 6.45) is 6.65. The quantitative estimate of drug-likeness (QED) is 0.439. The molecule has 0 heterocycles. The monoisotopic (exact) mass is 400 g/mol. The molecule has 29 heavy (non-hydrogen) atoms. The summed E-state index contributed by atoms with van der Waals surface area (Å²) in [5, 5.41) is 0. The fourth-order valence-electron chi connectivity index (χ4n) is 4.70. The van der Waals surface area contributed by atoms with Crippen LogP contribution >= 0.6 is 0 Å². The summed E-state index contributed by atoms with van der Waals surface area (Å²) < 4.78 is 6.01. The van der Waals surface area contributed by atoms with E-state index >= 15 is 0 Å². The number of ether oxygens (including phenoxy) is 1. The third-order valence-electron chi connectivity index (χ3n) is 6.57. The minimum Gasteiger partial charge on any atom is -0.489 e. The number of allylic oxidation sites excluding steroid dienone is 2. The van der Waals surface area contributed by atoms with Crippen molar-refractivity contribution in [1.29, 1.82) is 0 Å². The van der Waals surface area contributed by atoms with Gasteiger partial charge in [-0.05, 0) is 97.1 Å². The van der Waals surface area contributed by atoms with Crippen molar-refractivity contribution in [3.05, 3.63) is 41.0 Å². The Kier molecular flexibility index (Phi) is 8.78. The van der Waals surface area contributed by atoms with E-state index in [0.717, 1.165) is 18.8 Å². The van der Waals surface area contributed by atoms with Gasteiger partial charge in [0.2, 0.25) is 0 Å². The van der Waals surface area contributed by atoms with Gasteiger partial charge in [-0.1, -0.05) is 37.1 Å². The molecule has 0 spiro atoms.